The van der Waals surface area contributed by atoms with Crippen molar-refractivity contribution in [3.63, 3.8) is 0 Å². The molecule has 0 aromatic carbocycles. The summed E-state index contributed by atoms with van der Waals surface area (Å²) in [6.07, 6.45) is -0.0429. The molecule has 1 saturated heterocycles. The van der Waals surface area contributed by atoms with Crippen LogP contribution in [0.4, 0.5) is 0 Å². The summed E-state index contributed by atoms with van der Waals surface area (Å²) in [6.45, 7) is 2.75. The van der Waals surface area contributed by atoms with Gasteiger partial charge in [-0.25, -0.2) is 0 Å². The normalized spacial score (nSPS) is 27.2. The highest BCUT2D eigenvalue weighted by Crippen LogP contribution is 2.07. The maximum absolute atomic E-state index is 11.1. The van der Waals surface area contributed by atoms with E-state index in [1.807, 2.05) is 0 Å². The molecule has 0 radical (unpaired) electrons. The summed E-state index contributed by atoms with van der Waals surface area (Å²) < 4.78 is 0. The van der Waals surface area contributed by atoms with E-state index in [2.05, 4.69) is 0 Å². The number of nitrogens with two attached hydrogens (primary N) is 1. The van der Waals surface area contributed by atoms with Gasteiger partial charge in [0, 0.05) is 19.1 Å². The van der Waals surface area contributed by atoms with Crippen molar-refractivity contribution >= 4 is 5.91 Å². The first-order valence-electron chi connectivity index (χ1n) is 3.83. The Labute approximate surface area is 66.0 Å². The van der Waals surface area contributed by atoms with Gasteiger partial charge in [0.25, 0.3) is 5.91 Å². The zero-order valence-corrected chi connectivity index (χ0v) is 6.66. The number of hydrogen-bond acceptors (Lipinski definition) is 3. The molecule has 1 rings (SSSR count). The first-order chi connectivity index (χ1) is 5.11. The summed E-state index contributed by atoms with van der Waals surface area (Å²) in [7, 11) is 0. The van der Waals surface area contributed by atoms with Crippen molar-refractivity contribution in [2.45, 2.75) is 25.5 Å². The van der Waals surface area contributed by atoms with Gasteiger partial charge in [-0.3, -0.25) is 4.79 Å². The predicted octanol–water partition coefficient (Wildman–Crippen LogP) is -1.07. The lowest BCUT2D eigenvalue weighted by Gasteiger charge is -2.16. The van der Waals surface area contributed by atoms with E-state index in [0.29, 0.717) is 13.1 Å². The molecule has 0 aliphatic carbocycles. The topological polar surface area (TPSA) is 66.6 Å². The van der Waals surface area contributed by atoms with Gasteiger partial charge < -0.3 is 15.7 Å². The number of rotatable bonds is 1. The molecule has 4 heteroatoms. The Bertz CT molecular complexity index is 159. The highest BCUT2D eigenvalue weighted by molar-refractivity contribution is 5.80. The summed E-state index contributed by atoms with van der Waals surface area (Å²) in [5.74, 6) is -0.210. The SMILES string of the molecule is CC(O)C(=O)N1CC[C@@H](N)C1. The molecule has 11 heavy (non-hydrogen) atoms. The number of aliphatic hydroxyl groups is 1. The van der Waals surface area contributed by atoms with Crippen LogP contribution >= 0.6 is 0 Å². The minimum atomic E-state index is -0.889. The second-order valence-electron chi connectivity index (χ2n) is 3.01. The lowest BCUT2D eigenvalue weighted by molar-refractivity contribution is -0.138. The van der Waals surface area contributed by atoms with Gasteiger partial charge in [-0.1, -0.05) is 0 Å². The molecule has 0 aromatic rings. The average Bonchev–Trinajstić information content (AvgIpc) is 2.34. The summed E-state index contributed by atoms with van der Waals surface area (Å²) in [4.78, 5) is 12.7. The van der Waals surface area contributed by atoms with Crippen molar-refractivity contribution in [1.29, 1.82) is 0 Å². The summed E-state index contributed by atoms with van der Waals surface area (Å²) in [5, 5.41) is 8.94. The van der Waals surface area contributed by atoms with Crippen molar-refractivity contribution in [3.05, 3.63) is 0 Å². The number of aliphatic hydroxyl groups excluding tert-OH is 1. The minimum Gasteiger partial charge on any atom is -0.384 e. The Balaban J connectivity index is 2.43. The minimum absolute atomic E-state index is 0.0951. The van der Waals surface area contributed by atoms with E-state index in [-0.39, 0.29) is 11.9 Å². The van der Waals surface area contributed by atoms with Gasteiger partial charge in [-0.05, 0) is 13.3 Å². The molecule has 2 atom stereocenters. The van der Waals surface area contributed by atoms with Crippen LogP contribution in [0.5, 0.6) is 0 Å². The second kappa shape index (κ2) is 3.19. The standard InChI is InChI=1S/C7H14N2O2/c1-5(10)7(11)9-3-2-6(8)4-9/h5-6,10H,2-4,8H2,1H3/t5?,6-/m1/s1. The van der Waals surface area contributed by atoms with Crippen LogP contribution < -0.4 is 5.73 Å². The molecule has 64 valence electrons. The lowest BCUT2D eigenvalue weighted by atomic mass is 10.3. The molecule has 1 aliphatic heterocycles. The third-order valence-corrected chi connectivity index (χ3v) is 1.89. The molecule has 3 N–H and O–H groups in total. The fourth-order valence-corrected chi connectivity index (χ4v) is 1.25. The van der Waals surface area contributed by atoms with Gasteiger partial charge in [0.1, 0.15) is 6.10 Å². The van der Waals surface area contributed by atoms with E-state index in [1.165, 1.54) is 6.92 Å². The maximum Gasteiger partial charge on any atom is 0.251 e. The van der Waals surface area contributed by atoms with E-state index in [1.54, 1.807) is 4.90 Å². The largest absolute Gasteiger partial charge is 0.384 e. The molecule has 1 heterocycles. The van der Waals surface area contributed by atoms with E-state index in [4.69, 9.17) is 10.8 Å². The third kappa shape index (κ3) is 1.91. The van der Waals surface area contributed by atoms with Crippen LogP contribution in [0.25, 0.3) is 0 Å². The van der Waals surface area contributed by atoms with Crippen LogP contribution in [0.1, 0.15) is 13.3 Å². The van der Waals surface area contributed by atoms with E-state index >= 15 is 0 Å². The smallest absolute Gasteiger partial charge is 0.251 e. The molecule has 1 unspecified atom stereocenters. The van der Waals surface area contributed by atoms with Crippen molar-refractivity contribution in [1.82, 2.24) is 4.90 Å². The molecule has 0 spiro atoms. The number of nitrogens with zero attached hydrogens (tertiary/aromatic N) is 1. The number of hydrogen-bond donors (Lipinski definition) is 2. The van der Waals surface area contributed by atoms with Crippen LogP contribution in [-0.4, -0.2) is 41.1 Å². The molecule has 0 bridgehead atoms. The maximum atomic E-state index is 11.1. The van der Waals surface area contributed by atoms with Crippen molar-refractivity contribution in [2.24, 2.45) is 5.73 Å². The van der Waals surface area contributed by atoms with Gasteiger partial charge >= 0.3 is 0 Å². The number of amides is 1. The van der Waals surface area contributed by atoms with Crippen LogP contribution in [0.2, 0.25) is 0 Å². The Morgan fingerprint density at radius 3 is 2.82 bits per heavy atom. The monoisotopic (exact) mass is 158 g/mol. The quantitative estimate of drug-likeness (QED) is 0.510. The fourth-order valence-electron chi connectivity index (χ4n) is 1.25. The first-order valence-corrected chi connectivity index (χ1v) is 3.83. The molecule has 1 aliphatic rings. The third-order valence-electron chi connectivity index (χ3n) is 1.89. The molecule has 0 saturated carbocycles. The molecule has 1 fully saturated rings. The van der Waals surface area contributed by atoms with Crippen molar-refractivity contribution in [2.75, 3.05) is 13.1 Å². The molecule has 4 nitrogen and oxygen atoms in total. The highest BCUT2D eigenvalue weighted by Gasteiger charge is 2.25. The molecule has 0 aromatic heterocycles. The van der Waals surface area contributed by atoms with E-state index < -0.39 is 6.10 Å². The van der Waals surface area contributed by atoms with E-state index in [9.17, 15) is 4.79 Å². The van der Waals surface area contributed by atoms with Crippen LogP contribution in [0, 0.1) is 0 Å². The summed E-state index contributed by atoms with van der Waals surface area (Å²) >= 11 is 0. The first kappa shape index (κ1) is 8.49. The van der Waals surface area contributed by atoms with Crippen molar-refractivity contribution < 1.29 is 9.90 Å². The van der Waals surface area contributed by atoms with Gasteiger partial charge in [0.15, 0.2) is 0 Å². The fraction of sp³-hybridized carbons (Fsp3) is 0.857. The zero-order valence-electron chi connectivity index (χ0n) is 6.66. The highest BCUT2D eigenvalue weighted by atomic mass is 16.3. The van der Waals surface area contributed by atoms with Gasteiger partial charge in [-0.15, -0.1) is 0 Å². The Hall–Kier alpha value is -0.610. The second-order valence-corrected chi connectivity index (χ2v) is 3.01. The van der Waals surface area contributed by atoms with E-state index in [0.717, 1.165) is 6.42 Å². The van der Waals surface area contributed by atoms with Crippen LogP contribution in [0.3, 0.4) is 0 Å². The summed E-state index contributed by atoms with van der Waals surface area (Å²) in [5.41, 5.74) is 5.59. The lowest BCUT2D eigenvalue weighted by Crippen LogP contribution is -2.37. The van der Waals surface area contributed by atoms with Crippen molar-refractivity contribution in [3.8, 4) is 0 Å². The zero-order chi connectivity index (χ0) is 8.43. The molecule has 1 amide bonds. The summed E-state index contributed by atoms with van der Waals surface area (Å²) in [6, 6.07) is 0.0951. The Morgan fingerprint density at radius 1 is 1.82 bits per heavy atom. The number of carbonyl (C=O) groups excluding carboxylic acids is 1. The van der Waals surface area contributed by atoms with Gasteiger partial charge in [0.2, 0.25) is 0 Å². The Morgan fingerprint density at radius 2 is 2.45 bits per heavy atom. The molecular formula is C7H14N2O2. The number of carbonyl (C=O) groups is 1. The van der Waals surface area contributed by atoms with Gasteiger partial charge in [0.05, 0.1) is 0 Å². The predicted molar refractivity (Wildman–Crippen MR) is 40.9 cm³/mol. The number of likely N-dealkylation sites (tertiary alicyclic amines) is 1. The van der Waals surface area contributed by atoms with Gasteiger partial charge in [-0.2, -0.15) is 0 Å². The molecular weight excluding hydrogens is 144 g/mol. The average molecular weight is 158 g/mol. The van der Waals surface area contributed by atoms with Crippen LogP contribution in [0.15, 0.2) is 0 Å². The van der Waals surface area contributed by atoms with Crippen LogP contribution in [-0.2, 0) is 4.79 Å². The Kier molecular flexibility index (Phi) is 2.46.